The fourth-order valence-electron chi connectivity index (χ4n) is 7.25. The highest BCUT2D eigenvalue weighted by molar-refractivity contribution is 6.12. The van der Waals surface area contributed by atoms with E-state index in [-0.39, 0.29) is 10.8 Å². The Morgan fingerprint density at radius 1 is 0.486 bits per heavy atom. The molecule has 0 saturated heterocycles. The number of benzene rings is 5. The molecule has 1 aliphatic heterocycles. The van der Waals surface area contributed by atoms with Crippen LogP contribution in [0.15, 0.2) is 103 Å². The van der Waals surface area contributed by atoms with Gasteiger partial charge in [-0.05, 0) is 68.8 Å². The third-order valence-electron chi connectivity index (χ3n) is 9.20. The average molecular weight is 476 g/mol. The summed E-state index contributed by atoms with van der Waals surface area (Å²) in [6.07, 6.45) is 0. The van der Waals surface area contributed by atoms with Gasteiger partial charge < -0.3 is 4.57 Å². The number of hydrogen-bond acceptors (Lipinski definition) is 0. The van der Waals surface area contributed by atoms with E-state index in [1.165, 1.54) is 72.0 Å². The number of rotatable bonds is 1. The molecule has 37 heavy (non-hydrogen) atoms. The zero-order valence-corrected chi connectivity index (χ0v) is 21.8. The predicted octanol–water partition coefficient (Wildman–Crippen LogP) is 9.40. The number of para-hydroxylation sites is 2. The lowest BCUT2D eigenvalue weighted by atomic mass is 9.75. The molecule has 6 aromatic rings. The van der Waals surface area contributed by atoms with Crippen LogP contribution in [-0.2, 0) is 10.8 Å². The maximum absolute atomic E-state index is 2.49. The van der Waals surface area contributed by atoms with Crippen molar-refractivity contribution in [1.82, 2.24) is 4.57 Å². The molecule has 1 heteroatoms. The minimum absolute atomic E-state index is 0.0354. The molecule has 0 radical (unpaired) electrons. The zero-order valence-electron chi connectivity index (χ0n) is 21.8. The van der Waals surface area contributed by atoms with E-state index in [0.29, 0.717) is 0 Å². The highest BCUT2D eigenvalue weighted by Gasteiger charge is 2.36. The zero-order chi connectivity index (χ0) is 25.1. The Labute approximate surface area is 218 Å². The lowest BCUT2D eigenvalue weighted by Gasteiger charge is -2.34. The molecule has 0 bridgehead atoms. The Balaban J connectivity index is 1.39. The molecule has 1 aromatic heterocycles. The Kier molecular flexibility index (Phi) is 3.87. The molecule has 0 fully saturated rings. The Morgan fingerprint density at radius 3 is 2.00 bits per heavy atom. The van der Waals surface area contributed by atoms with Gasteiger partial charge in [0.25, 0.3) is 0 Å². The van der Waals surface area contributed by atoms with E-state index in [1.807, 2.05) is 0 Å². The summed E-state index contributed by atoms with van der Waals surface area (Å²) >= 11 is 0. The fourth-order valence-corrected chi connectivity index (χ4v) is 7.25. The Hall–Kier alpha value is -4.10. The lowest BCUT2D eigenvalue weighted by molar-refractivity contribution is 0.630. The van der Waals surface area contributed by atoms with Gasteiger partial charge >= 0.3 is 0 Å². The van der Waals surface area contributed by atoms with Crippen LogP contribution in [0.3, 0.4) is 0 Å². The SMILES string of the molecule is CC1(C)c2ccccc2-c2cc(-c3ccc4c(c3)c3cccc5c3n4-c3ccccc3C5(C)C)ccc21. The third kappa shape index (κ3) is 2.54. The summed E-state index contributed by atoms with van der Waals surface area (Å²) in [6, 6.07) is 38.8. The van der Waals surface area contributed by atoms with Gasteiger partial charge in [0.2, 0.25) is 0 Å². The normalized spacial score (nSPS) is 16.0. The van der Waals surface area contributed by atoms with Gasteiger partial charge in [0.1, 0.15) is 0 Å². The predicted molar refractivity (Wildman–Crippen MR) is 156 cm³/mol. The first-order valence-electron chi connectivity index (χ1n) is 13.3. The van der Waals surface area contributed by atoms with Crippen molar-refractivity contribution >= 4 is 21.8 Å². The highest BCUT2D eigenvalue weighted by Crippen LogP contribution is 2.50. The van der Waals surface area contributed by atoms with E-state index < -0.39 is 0 Å². The van der Waals surface area contributed by atoms with E-state index in [2.05, 4.69) is 135 Å². The van der Waals surface area contributed by atoms with Crippen LogP contribution in [0.1, 0.15) is 49.9 Å². The summed E-state index contributed by atoms with van der Waals surface area (Å²) in [6.45, 7) is 9.40. The van der Waals surface area contributed by atoms with Crippen molar-refractivity contribution < 1.29 is 0 Å². The van der Waals surface area contributed by atoms with Crippen molar-refractivity contribution in [3.8, 4) is 27.9 Å². The molecule has 2 aliphatic rings. The van der Waals surface area contributed by atoms with Crippen LogP contribution in [0, 0.1) is 0 Å². The smallest absolute Gasteiger partial charge is 0.0582 e. The minimum atomic E-state index is -0.0382. The fraction of sp³-hybridized carbons (Fsp3) is 0.167. The van der Waals surface area contributed by atoms with Crippen LogP contribution in [0.25, 0.3) is 49.7 Å². The van der Waals surface area contributed by atoms with Gasteiger partial charge in [-0.25, -0.2) is 0 Å². The average Bonchev–Trinajstić information content (AvgIpc) is 3.37. The second-order valence-corrected chi connectivity index (χ2v) is 11.8. The number of nitrogens with zero attached hydrogens (tertiary/aromatic N) is 1. The van der Waals surface area contributed by atoms with Crippen molar-refractivity contribution in [2.24, 2.45) is 0 Å². The lowest BCUT2D eigenvalue weighted by Crippen LogP contribution is -2.26. The monoisotopic (exact) mass is 475 g/mol. The largest absolute Gasteiger partial charge is 0.309 e. The van der Waals surface area contributed by atoms with E-state index >= 15 is 0 Å². The Bertz CT molecular complexity index is 1930. The summed E-state index contributed by atoms with van der Waals surface area (Å²) in [5.41, 5.74) is 14.9. The van der Waals surface area contributed by atoms with E-state index in [0.717, 1.165) is 0 Å². The molecule has 8 rings (SSSR count). The summed E-state index contributed by atoms with van der Waals surface area (Å²) in [4.78, 5) is 0. The van der Waals surface area contributed by atoms with Gasteiger partial charge in [-0.3, -0.25) is 0 Å². The molecule has 0 saturated carbocycles. The van der Waals surface area contributed by atoms with E-state index in [9.17, 15) is 0 Å². The molecule has 178 valence electrons. The van der Waals surface area contributed by atoms with Crippen LogP contribution in [0.5, 0.6) is 0 Å². The maximum Gasteiger partial charge on any atom is 0.0582 e. The number of fused-ring (bicyclic) bond motifs is 8. The summed E-state index contributed by atoms with van der Waals surface area (Å²) in [7, 11) is 0. The van der Waals surface area contributed by atoms with Crippen molar-refractivity contribution in [2.45, 2.75) is 38.5 Å². The van der Waals surface area contributed by atoms with Crippen molar-refractivity contribution in [3.05, 3.63) is 125 Å². The molecule has 0 amide bonds. The molecular formula is C36H29N. The maximum atomic E-state index is 2.49. The standard InChI is InChI=1S/C36H29N/c1-35(2)28-12-6-5-10-24(28)26-20-22(16-18-29(26)35)23-17-19-32-27(21-23)25-11-9-14-31-34(25)37(32)33-15-8-7-13-30(33)36(31,3)4/h5-21H,1-4H3. The van der Waals surface area contributed by atoms with Crippen molar-refractivity contribution in [2.75, 3.05) is 0 Å². The minimum Gasteiger partial charge on any atom is -0.309 e. The first kappa shape index (κ1) is 21.0. The quantitative estimate of drug-likeness (QED) is 0.223. The van der Waals surface area contributed by atoms with Gasteiger partial charge in [0.05, 0.1) is 16.7 Å². The second kappa shape index (κ2) is 6.81. The van der Waals surface area contributed by atoms with Crippen molar-refractivity contribution in [1.29, 1.82) is 0 Å². The molecule has 1 aliphatic carbocycles. The molecule has 0 unspecified atom stereocenters. The Morgan fingerprint density at radius 2 is 1.14 bits per heavy atom. The first-order chi connectivity index (χ1) is 17.9. The van der Waals surface area contributed by atoms with Crippen LogP contribution in [0.2, 0.25) is 0 Å². The van der Waals surface area contributed by atoms with E-state index in [1.54, 1.807) is 0 Å². The summed E-state index contributed by atoms with van der Waals surface area (Å²) < 4.78 is 2.49. The van der Waals surface area contributed by atoms with Gasteiger partial charge in [-0.15, -0.1) is 0 Å². The summed E-state index contributed by atoms with van der Waals surface area (Å²) in [5.74, 6) is 0. The van der Waals surface area contributed by atoms with Gasteiger partial charge in [-0.2, -0.15) is 0 Å². The molecule has 0 spiro atoms. The van der Waals surface area contributed by atoms with Crippen LogP contribution in [0.4, 0.5) is 0 Å². The van der Waals surface area contributed by atoms with E-state index in [4.69, 9.17) is 0 Å². The molecule has 0 N–H and O–H groups in total. The van der Waals surface area contributed by atoms with Crippen LogP contribution in [-0.4, -0.2) is 4.57 Å². The molecule has 0 atom stereocenters. The first-order valence-corrected chi connectivity index (χ1v) is 13.3. The summed E-state index contributed by atoms with van der Waals surface area (Å²) in [5, 5.41) is 2.66. The topological polar surface area (TPSA) is 4.93 Å². The van der Waals surface area contributed by atoms with Gasteiger partial charge in [-0.1, -0.05) is 107 Å². The van der Waals surface area contributed by atoms with Crippen LogP contribution >= 0.6 is 0 Å². The second-order valence-electron chi connectivity index (χ2n) is 11.8. The third-order valence-corrected chi connectivity index (χ3v) is 9.20. The molecule has 1 nitrogen and oxygen atoms in total. The van der Waals surface area contributed by atoms with Gasteiger partial charge in [0.15, 0.2) is 0 Å². The number of hydrogen-bond donors (Lipinski definition) is 0. The molecule has 2 heterocycles. The highest BCUT2D eigenvalue weighted by atomic mass is 15.0. The van der Waals surface area contributed by atoms with Crippen LogP contribution < -0.4 is 0 Å². The molecule has 5 aromatic carbocycles. The molecular weight excluding hydrogens is 446 g/mol. The van der Waals surface area contributed by atoms with Gasteiger partial charge in [0, 0.05) is 21.6 Å². The van der Waals surface area contributed by atoms with Crippen molar-refractivity contribution in [3.63, 3.8) is 0 Å². The number of aromatic nitrogens is 1.